The van der Waals surface area contributed by atoms with Crippen molar-refractivity contribution < 1.29 is 9.53 Å². The summed E-state index contributed by atoms with van der Waals surface area (Å²) in [6, 6.07) is 7.57. The van der Waals surface area contributed by atoms with Crippen LogP contribution >= 0.6 is 0 Å². The molecule has 1 aliphatic carbocycles. The number of carbonyl (C=O) groups is 1. The van der Waals surface area contributed by atoms with Crippen molar-refractivity contribution in [2.75, 3.05) is 0 Å². The number of hydrogen-bond acceptors (Lipinski definition) is 2. The van der Waals surface area contributed by atoms with E-state index >= 15 is 0 Å². The second kappa shape index (κ2) is 4.52. The third kappa shape index (κ3) is 2.87. The van der Waals surface area contributed by atoms with E-state index in [-0.39, 0.29) is 11.2 Å². The van der Waals surface area contributed by atoms with Gasteiger partial charge in [0.2, 0.25) is 0 Å². The summed E-state index contributed by atoms with van der Waals surface area (Å²) in [5.74, 6) is 1.02. The largest absolute Gasteiger partial charge is 0.490 e. The van der Waals surface area contributed by atoms with Crippen LogP contribution in [0, 0.1) is 5.41 Å². The van der Waals surface area contributed by atoms with Gasteiger partial charge in [0.1, 0.15) is 5.75 Å². The molecule has 2 rings (SSSR count). The first-order chi connectivity index (χ1) is 8.03. The van der Waals surface area contributed by atoms with Crippen LogP contribution in [0.25, 0.3) is 0 Å². The van der Waals surface area contributed by atoms with Crippen molar-refractivity contribution in [1.82, 2.24) is 0 Å². The van der Waals surface area contributed by atoms with Crippen molar-refractivity contribution in [2.45, 2.75) is 46.1 Å². The maximum absolute atomic E-state index is 12.3. The lowest BCUT2D eigenvalue weighted by atomic mass is 9.82. The minimum atomic E-state index is -0.293. The molecule has 0 N–H and O–H groups in total. The van der Waals surface area contributed by atoms with E-state index in [2.05, 4.69) is 0 Å². The Morgan fingerprint density at radius 2 is 2.12 bits per heavy atom. The van der Waals surface area contributed by atoms with E-state index < -0.39 is 0 Å². The Bertz CT molecular complexity index is 417. The molecule has 92 valence electrons. The zero-order valence-corrected chi connectivity index (χ0v) is 10.8. The van der Waals surface area contributed by atoms with Gasteiger partial charge in [-0.15, -0.1) is 0 Å². The SMILES string of the molecule is CCC(C)(C)C(=O)c1cccc(OC2CC2)c1. The first-order valence-corrected chi connectivity index (χ1v) is 6.34. The Hall–Kier alpha value is -1.31. The van der Waals surface area contributed by atoms with Gasteiger partial charge in [-0.25, -0.2) is 0 Å². The summed E-state index contributed by atoms with van der Waals surface area (Å²) in [5.41, 5.74) is 0.466. The summed E-state index contributed by atoms with van der Waals surface area (Å²) < 4.78 is 5.71. The molecular weight excluding hydrogens is 212 g/mol. The third-order valence-electron chi connectivity index (χ3n) is 3.42. The van der Waals surface area contributed by atoms with Gasteiger partial charge in [0, 0.05) is 11.0 Å². The molecule has 0 unspecified atom stereocenters. The highest BCUT2D eigenvalue weighted by atomic mass is 16.5. The van der Waals surface area contributed by atoms with E-state index in [4.69, 9.17) is 4.74 Å². The van der Waals surface area contributed by atoms with Crippen LogP contribution < -0.4 is 4.74 Å². The molecule has 1 aromatic carbocycles. The van der Waals surface area contributed by atoms with Gasteiger partial charge in [-0.3, -0.25) is 4.79 Å². The van der Waals surface area contributed by atoms with Crippen molar-refractivity contribution in [3.05, 3.63) is 29.8 Å². The molecule has 0 spiro atoms. The molecule has 0 radical (unpaired) electrons. The molecule has 0 aliphatic heterocycles. The quantitative estimate of drug-likeness (QED) is 0.721. The summed E-state index contributed by atoms with van der Waals surface area (Å²) in [4.78, 5) is 12.3. The molecule has 0 amide bonds. The fourth-order valence-corrected chi connectivity index (χ4v) is 1.64. The number of hydrogen-bond donors (Lipinski definition) is 0. The van der Waals surface area contributed by atoms with E-state index in [0.717, 1.165) is 30.6 Å². The van der Waals surface area contributed by atoms with Gasteiger partial charge >= 0.3 is 0 Å². The van der Waals surface area contributed by atoms with Gasteiger partial charge in [-0.05, 0) is 31.4 Å². The standard InChI is InChI=1S/C15H20O2/c1-4-15(2,3)14(16)11-6-5-7-13(10-11)17-12-8-9-12/h5-7,10,12H,4,8-9H2,1-3H3. The van der Waals surface area contributed by atoms with Crippen LogP contribution in [-0.2, 0) is 0 Å². The summed E-state index contributed by atoms with van der Waals surface area (Å²) >= 11 is 0. The average molecular weight is 232 g/mol. The second-order valence-corrected chi connectivity index (χ2v) is 5.41. The van der Waals surface area contributed by atoms with Gasteiger partial charge in [-0.1, -0.05) is 32.9 Å². The lowest BCUT2D eigenvalue weighted by Crippen LogP contribution is -2.23. The highest BCUT2D eigenvalue weighted by molar-refractivity contribution is 6.00. The fourth-order valence-electron chi connectivity index (χ4n) is 1.64. The van der Waals surface area contributed by atoms with Crippen LogP contribution in [0.5, 0.6) is 5.75 Å². The summed E-state index contributed by atoms with van der Waals surface area (Å²) in [6.07, 6.45) is 3.50. The van der Waals surface area contributed by atoms with E-state index in [0.29, 0.717) is 6.10 Å². The number of Topliss-reactive ketones (excluding diaryl/α,β-unsaturated/α-hetero) is 1. The molecule has 1 saturated carbocycles. The zero-order chi connectivity index (χ0) is 12.5. The van der Waals surface area contributed by atoms with Crippen molar-refractivity contribution in [3.63, 3.8) is 0 Å². The number of benzene rings is 1. The number of ether oxygens (including phenoxy) is 1. The van der Waals surface area contributed by atoms with Gasteiger partial charge in [0.15, 0.2) is 5.78 Å². The Morgan fingerprint density at radius 1 is 1.41 bits per heavy atom. The van der Waals surface area contributed by atoms with Crippen LogP contribution in [0.4, 0.5) is 0 Å². The second-order valence-electron chi connectivity index (χ2n) is 5.41. The predicted octanol–water partition coefficient (Wildman–Crippen LogP) is 3.85. The van der Waals surface area contributed by atoms with Crippen LogP contribution in [0.3, 0.4) is 0 Å². The Balaban J connectivity index is 2.17. The first-order valence-electron chi connectivity index (χ1n) is 6.34. The van der Waals surface area contributed by atoms with Gasteiger partial charge < -0.3 is 4.74 Å². The molecule has 0 atom stereocenters. The molecule has 0 aromatic heterocycles. The zero-order valence-electron chi connectivity index (χ0n) is 10.8. The van der Waals surface area contributed by atoms with Gasteiger partial charge in [-0.2, -0.15) is 0 Å². The summed E-state index contributed by atoms with van der Waals surface area (Å²) in [5, 5.41) is 0. The molecule has 0 heterocycles. The molecule has 1 aromatic rings. The topological polar surface area (TPSA) is 26.3 Å². The molecule has 1 fully saturated rings. The fraction of sp³-hybridized carbons (Fsp3) is 0.533. The highest BCUT2D eigenvalue weighted by Crippen LogP contribution is 2.30. The lowest BCUT2D eigenvalue weighted by Gasteiger charge is -2.21. The average Bonchev–Trinajstić information content (AvgIpc) is 3.12. The van der Waals surface area contributed by atoms with Crippen LogP contribution in [0.2, 0.25) is 0 Å². The minimum absolute atomic E-state index is 0.196. The van der Waals surface area contributed by atoms with Crippen LogP contribution in [-0.4, -0.2) is 11.9 Å². The minimum Gasteiger partial charge on any atom is -0.490 e. The predicted molar refractivity (Wildman–Crippen MR) is 68.5 cm³/mol. The Labute approximate surface area is 103 Å². The lowest BCUT2D eigenvalue weighted by molar-refractivity contribution is 0.0832. The van der Waals surface area contributed by atoms with E-state index in [1.165, 1.54) is 0 Å². The van der Waals surface area contributed by atoms with Crippen molar-refractivity contribution in [1.29, 1.82) is 0 Å². The number of ketones is 1. The Kier molecular flexibility index (Phi) is 3.23. The van der Waals surface area contributed by atoms with Crippen molar-refractivity contribution in [3.8, 4) is 5.75 Å². The number of rotatable bonds is 5. The normalized spacial score (nSPS) is 15.7. The molecule has 0 saturated heterocycles. The van der Waals surface area contributed by atoms with Crippen LogP contribution in [0.15, 0.2) is 24.3 Å². The molecule has 2 heteroatoms. The molecule has 17 heavy (non-hydrogen) atoms. The van der Waals surface area contributed by atoms with E-state index in [9.17, 15) is 4.79 Å². The maximum Gasteiger partial charge on any atom is 0.168 e. The van der Waals surface area contributed by atoms with Crippen LogP contribution in [0.1, 0.15) is 50.4 Å². The summed E-state index contributed by atoms with van der Waals surface area (Å²) in [6.45, 7) is 6.02. The van der Waals surface area contributed by atoms with Crippen molar-refractivity contribution in [2.24, 2.45) is 5.41 Å². The first kappa shape index (κ1) is 12.2. The monoisotopic (exact) mass is 232 g/mol. The number of carbonyl (C=O) groups excluding carboxylic acids is 1. The van der Waals surface area contributed by atoms with Gasteiger partial charge in [0.25, 0.3) is 0 Å². The third-order valence-corrected chi connectivity index (χ3v) is 3.42. The molecular formula is C15H20O2. The highest BCUT2D eigenvalue weighted by Gasteiger charge is 2.27. The molecule has 0 bridgehead atoms. The molecule has 2 nitrogen and oxygen atoms in total. The van der Waals surface area contributed by atoms with Crippen molar-refractivity contribution >= 4 is 5.78 Å². The Morgan fingerprint density at radius 3 is 2.71 bits per heavy atom. The maximum atomic E-state index is 12.3. The van der Waals surface area contributed by atoms with E-state index in [1.807, 2.05) is 45.0 Å². The summed E-state index contributed by atoms with van der Waals surface area (Å²) in [7, 11) is 0. The molecule has 1 aliphatic rings. The van der Waals surface area contributed by atoms with Gasteiger partial charge in [0.05, 0.1) is 6.10 Å². The van der Waals surface area contributed by atoms with E-state index in [1.54, 1.807) is 0 Å². The smallest absolute Gasteiger partial charge is 0.168 e.